The molecule has 0 N–H and O–H groups in total. The number of fused-ring (bicyclic) bond motifs is 1. The Labute approximate surface area is 101 Å². The minimum absolute atomic E-state index is 0.235. The summed E-state index contributed by atoms with van der Waals surface area (Å²) in [7, 11) is 2.34. The summed E-state index contributed by atoms with van der Waals surface area (Å²) in [5.41, 5.74) is -1.09. The molecule has 0 unspecified atom stereocenters. The summed E-state index contributed by atoms with van der Waals surface area (Å²) in [6, 6.07) is 6.19. The molecule has 0 bridgehead atoms. The first-order valence-corrected chi connectivity index (χ1v) is 5.11. The van der Waals surface area contributed by atoms with E-state index in [2.05, 4.69) is 4.74 Å². The lowest BCUT2D eigenvalue weighted by Crippen LogP contribution is -2.16. The molecular formula is C12H10F3NO2. The van der Waals surface area contributed by atoms with E-state index < -0.39 is 23.4 Å². The fourth-order valence-electron chi connectivity index (χ4n) is 2.03. The molecule has 2 aromatic rings. The molecule has 6 heteroatoms. The molecule has 0 amide bonds. The molecule has 0 aliphatic rings. The quantitative estimate of drug-likeness (QED) is 0.735. The van der Waals surface area contributed by atoms with Crippen molar-refractivity contribution < 1.29 is 22.7 Å². The predicted molar refractivity (Wildman–Crippen MR) is 59.3 cm³/mol. The van der Waals surface area contributed by atoms with Crippen LogP contribution in [0.15, 0.2) is 24.3 Å². The van der Waals surface area contributed by atoms with E-state index in [9.17, 15) is 18.0 Å². The number of alkyl halides is 3. The van der Waals surface area contributed by atoms with E-state index in [0.717, 1.165) is 11.7 Å². The third-order valence-electron chi connectivity index (χ3n) is 2.76. The summed E-state index contributed by atoms with van der Waals surface area (Å²) in [4.78, 5) is 11.6. The number of rotatable bonds is 1. The molecule has 0 aliphatic heterocycles. The van der Waals surface area contributed by atoms with E-state index in [-0.39, 0.29) is 5.39 Å². The Hall–Kier alpha value is -1.98. The summed E-state index contributed by atoms with van der Waals surface area (Å²) >= 11 is 0. The van der Waals surface area contributed by atoms with Crippen molar-refractivity contribution in [1.82, 2.24) is 4.57 Å². The van der Waals surface area contributed by atoms with Gasteiger partial charge in [0.25, 0.3) is 0 Å². The van der Waals surface area contributed by atoms with Crippen LogP contribution in [0.4, 0.5) is 13.2 Å². The van der Waals surface area contributed by atoms with Crippen molar-refractivity contribution in [3.63, 3.8) is 0 Å². The number of carbonyl (C=O) groups excluding carboxylic acids is 1. The number of para-hydroxylation sites is 1. The van der Waals surface area contributed by atoms with Gasteiger partial charge in [0.15, 0.2) is 0 Å². The molecule has 1 heterocycles. The number of halogens is 3. The summed E-state index contributed by atoms with van der Waals surface area (Å²) < 4.78 is 44.4. The van der Waals surface area contributed by atoms with Crippen LogP contribution in [0.2, 0.25) is 0 Å². The van der Waals surface area contributed by atoms with Crippen LogP contribution in [-0.2, 0) is 18.0 Å². The molecule has 2 rings (SSSR count). The Bertz CT molecular complexity index is 614. The lowest BCUT2D eigenvalue weighted by atomic mass is 10.1. The van der Waals surface area contributed by atoms with Crippen molar-refractivity contribution in [2.45, 2.75) is 6.18 Å². The number of hydrogen-bond donors (Lipinski definition) is 0. The lowest BCUT2D eigenvalue weighted by molar-refractivity contribution is -0.143. The minimum atomic E-state index is -4.61. The zero-order chi connectivity index (χ0) is 13.5. The van der Waals surface area contributed by atoms with Crippen LogP contribution in [0.25, 0.3) is 10.9 Å². The van der Waals surface area contributed by atoms with Crippen molar-refractivity contribution in [2.75, 3.05) is 7.11 Å². The first-order valence-electron chi connectivity index (χ1n) is 5.11. The molecule has 0 spiro atoms. The van der Waals surface area contributed by atoms with E-state index in [1.54, 1.807) is 12.1 Å². The number of carbonyl (C=O) groups is 1. The Morgan fingerprint density at radius 2 is 1.89 bits per heavy atom. The highest BCUT2D eigenvalue weighted by Crippen LogP contribution is 2.37. The van der Waals surface area contributed by atoms with Crippen LogP contribution in [0, 0.1) is 0 Å². The molecule has 3 nitrogen and oxygen atoms in total. The van der Waals surface area contributed by atoms with Gasteiger partial charge in [0.2, 0.25) is 0 Å². The van der Waals surface area contributed by atoms with Gasteiger partial charge in [-0.25, -0.2) is 4.79 Å². The molecule has 1 aromatic heterocycles. The Kier molecular flexibility index (Phi) is 2.80. The smallest absolute Gasteiger partial charge is 0.432 e. The zero-order valence-corrected chi connectivity index (χ0v) is 9.71. The van der Waals surface area contributed by atoms with Gasteiger partial charge >= 0.3 is 12.1 Å². The van der Waals surface area contributed by atoms with Gasteiger partial charge in [-0.2, -0.15) is 13.2 Å². The highest BCUT2D eigenvalue weighted by Gasteiger charge is 2.40. The second kappa shape index (κ2) is 4.04. The lowest BCUT2D eigenvalue weighted by Gasteiger charge is -2.10. The molecule has 0 radical (unpaired) electrons. The molecular weight excluding hydrogens is 247 g/mol. The van der Waals surface area contributed by atoms with Gasteiger partial charge in [0.05, 0.1) is 12.7 Å². The Morgan fingerprint density at radius 3 is 2.44 bits per heavy atom. The SMILES string of the molecule is COC(=O)c1c(C(F)(F)F)n(C)c2ccccc12. The number of methoxy groups -OCH3 is 1. The molecule has 1 aromatic carbocycles. The number of aryl methyl sites for hydroxylation is 1. The average molecular weight is 257 g/mol. The standard InChI is InChI=1S/C12H10F3NO2/c1-16-8-6-4-3-5-7(8)9(11(17)18-2)10(16)12(13,14)15/h3-6H,1-2H3. The third kappa shape index (κ3) is 1.73. The van der Waals surface area contributed by atoms with Crippen LogP contribution in [0.1, 0.15) is 16.1 Å². The first-order chi connectivity index (χ1) is 8.38. The second-order valence-electron chi connectivity index (χ2n) is 3.79. The van der Waals surface area contributed by atoms with Gasteiger partial charge in [-0.3, -0.25) is 0 Å². The summed E-state index contributed by atoms with van der Waals surface area (Å²) in [6.45, 7) is 0. The molecule has 0 fully saturated rings. The Balaban J connectivity index is 2.91. The number of benzene rings is 1. The van der Waals surface area contributed by atoms with Gasteiger partial charge in [-0.05, 0) is 6.07 Å². The summed E-state index contributed by atoms with van der Waals surface area (Å²) in [6.07, 6.45) is -4.61. The van der Waals surface area contributed by atoms with Crippen molar-refractivity contribution in [3.8, 4) is 0 Å². The van der Waals surface area contributed by atoms with Gasteiger partial charge in [-0.1, -0.05) is 18.2 Å². The maximum absolute atomic E-state index is 13.0. The largest absolute Gasteiger partial charge is 0.465 e. The van der Waals surface area contributed by atoms with Crippen molar-refractivity contribution in [1.29, 1.82) is 0 Å². The van der Waals surface area contributed by atoms with E-state index in [0.29, 0.717) is 5.52 Å². The zero-order valence-electron chi connectivity index (χ0n) is 9.71. The summed E-state index contributed by atoms with van der Waals surface area (Å²) in [5, 5.41) is 0.235. The topological polar surface area (TPSA) is 31.2 Å². The minimum Gasteiger partial charge on any atom is -0.465 e. The number of aromatic nitrogens is 1. The molecule has 0 saturated heterocycles. The van der Waals surface area contributed by atoms with E-state index in [4.69, 9.17) is 0 Å². The highest BCUT2D eigenvalue weighted by molar-refractivity contribution is 6.06. The normalized spacial score (nSPS) is 11.8. The van der Waals surface area contributed by atoms with Gasteiger partial charge < -0.3 is 9.30 Å². The van der Waals surface area contributed by atoms with E-state index in [1.165, 1.54) is 19.2 Å². The van der Waals surface area contributed by atoms with Crippen LogP contribution in [-0.4, -0.2) is 17.6 Å². The van der Waals surface area contributed by atoms with Crippen LogP contribution in [0.3, 0.4) is 0 Å². The highest BCUT2D eigenvalue weighted by atomic mass is 19.4. The Morgan fingerprint density at radius 1 is 1.28 bits per heavy atom. The number of nitrogens with zero attached hydrogens (tertiary/aromatic N) is 1. The molecule has 96 valence electrons. The van der Waals surface area contributed by atoms with Gasteiger partial charge in [0, 0.05) is 18.0 Å². The monoisotopic (exact) mass is 257 g/mol. The fraction of sp³-hybridized carbons (Fsp3) is 0.250. The number of hydrogen-bond acceptors (Lipinski definition) is 2. The van der Waals surface area contributed by atoms with Crippen molar-refractivity contribution in [2.24, 2.45) is 7.05 Å². The van der Waals surface area contributed by atoms with Crippen LogP contribution < -0.4 is 0 Å². The molecule has 0 atom stereocenters. The maximum atomic E-state index is 13.0. The van der Waals surface area contributed by atoms with Crippen LogP contribution in [0.5, 0.6) is 0 Å². The van der Waals surface area contributed by atoms with Gasteiger partial charge in [0.1, 0.15) is 5.69 Å². The molecule has 0 saturated carbocycles. The molecule has 18 heavy (non-hydrogen) atoms. The number of esters is 1. The van der Waals surface area contributed by atoms with E-state index >= 15 is 0 Å². The van der Waals surface area contributed by atoms with E-state index in [1.807, 2.05) is 0 Å². The van der Waals surface area contributed by atoms with Crippen molar-refractivity contribution in [3.05, 3.63) is 35.5 Å². The molecule has 0 aliphatic carbocycles. The summed E-state index contributed by atoms with van der Waals surface area (Å²) in [5.74, 6) is -0.987. The fourth-order valence-corrected chi connectivity index (χ4v) is 2.03. The first kappa shape index (κ1) is 12.5. The third-order valence-corrected chi connectivity index (χ3v) is 2.76. The van der Waals surface area contributed by atoms with Crippen LogP contribution >= 0.6 is 0 Å². The average Bonchev–Trinajstić information content (AvgIpc) is 2.62. The number of ether oxygens (including phenoxy) is 1. The predicted octanol–water partition coefficient (Wildman–Crippen LogP) is 2.98. The van der Waals surface area contributed by atoms with Crippen molar-refractivity contribution >= 4 is 16.9 Å². The van der Waals surface area contributed by atoms with Gasteiger partial charge in [-0.15, -0.1) is 0 Å². The maximum Gasteiger partial charge on any atom is 0.432 e. The second-order valence-corrected chi connectivity index (χ2v) is 3.79.